The van der Waals surface area contributed by atoms with Crippen molar-refractivity contribution in [1.82, 2.24) is 5.32 Å². The summed E-state index contributed by atoms with van der Waals surface area (Å²) >= 11 is 0. The van der Waals surface area contributed by atoms with Crippen molar-refractivity contribution in [3.8, 4) is 0 Å². The van der Waals surface area contributed by atoms with Crippen molar-refractivity contribution in [1.29, 1.82) is 0 Å². The van der Waals surface area contributed by atoms with E-state index in [-0.39, 0.29) is 24.7 Å². The van der Waals surface area contributed by atoms with Crippen LogP contribution in [0.2, 0.25) is 0 Å². The number of aliphatic hydroxyl groups excluding tert-OH is 10. The summed E-state index contributed by atoms with van der Waals surface area (Å²) in [5, 5.41) is 105. The highest BCUT2D eigenvalue weighted by molar-refractivity contribution is 5.78. The predicted octanol–water partition coefficient (Wildman–Crippen LogP) is -5.85. The molecule has 3 aliphatic heterocycles. The third-order valence-electron chi connectivity index (χ3n) is 8.63. The highest BCUT2D eigenvalue weighted by atomic mass is 16.7. The van der Waals surface area contributed by atoms with Gasteiger partial charge in [0, 0.05) is 39.5 Å². The Bertz CT molecular complexity index is 972. The van der Waals surface area contributed by atoms with Crippen LogP contribution >= 0.6 is 0 Å². The van der Waals surface area contributed by atoms with Crippen LogP contribution in [0.3, 0.4) is 0 Å². The number of Topliss-reactive ketones (excluding diaryl/α,β-unsaturated/α-hetero) is 1. The van der Waals surface area contributed by atoms with Gasteiger partial charge in [0.2, 0.25) is 5.91 Å². The monoisotopic (exact) mass is 701 g/mol. The molecule has 0 radical (unpaired) electrons. The first-order valence-corrected chi connectivity index (χ1v) is 16.0. The Kier molecular flexibility index (Phi) is 16.9. The van der Waals surface area contributed by atoms with Gasteiger partial charge in [-0.05, 0) is 19.3 Å². The van der Waals surface area contributed by atoms with Crippen molar-refractivity contribution in [3.63, 3.8) is 0 Å². The fraction of sp³-hybridized carbons (Fsp3) is 0.931. The predicted molar refractivity (Wildman–Crippen MR) is 157 cm³/mol. The van der Waals surface area contributed by atoms with Gasteiger partial charge in [0.25, 0.3) is 0 Å². The molecule has 0 saturated carbocycles. The maximum absolute atomic E-state index is 12.3. The smallest absolute Gasteiger partial charge is 0.220 e. The maximum atomic E-state index is 12.3. The molecule has 0 aromatic carbocycles. The first kappa shape index (κ1) is 40.9. The lowest BCUT2D eigenvalue weighted by molar-refractivity contribution is -0.372. The van der Waals surface area contributed by atoms with Crippen molar-refractivity contribution in [3.05, 3.63) is 0 Å². The molecule has 19 heteroatoms. The van der Waals surface area contributed by atoms with Crippen LogP contribution in [0.25, 0.3) is 0 Å². The second-order valence-electron chi connectivity index (χ2n) is 12.1. The number of rotatable bonds is 18. The molecule has 0 spiro atoms. The number of methoxy groups -OCH3 is 1. The molecule has 6 unspecified atom stereocenters. The number of hydrogen-bond acceptors (Lipinski definition) is 18. The molecule has 19 nitrogen and oxygen atoms in total. The second-order valence-corrected chi connectivity index (χ2v) is 12.1. The molecule has 1 amide bonds. The fourth-order valence-corrected chi connectivity index (χ4v) is 5.77. The molecule has 3 saturated heterocycles. The van der Waals surface area contributed by atoms with Crippen LogP contribution in [-0.2, 0) is 38.0 Å². The number of carbonyl (C=O) groups excluding carboxylic acids is 2. The molecule has 3 aliphatic rings. The molecule has 3 heterocycles. The zero-order valence-corrected chi connectivity index (χ0v) is 26.7. The third-order valence-corrected chi connectivity index (χ3v) is 8.63. The lowest BCUT2D eigenvalue weighted by Gasteiger charge is -2.48. The average Bonchev–Trinajstić information content (AvgIpc) is 3.07. The van der Waals surface area contributed by atoms with Gasteiger partial charge in [-0.1, -0.05) is 0 Å². The van der Waals surface area contributed by atoms with Gasteiger partial charge in [0.15, 0.2) is 12.6 Å². The van der Waals surface area contributed by atoms with Crippen LogP contribution in [-0.4, -0.2) is 195 Å². The molecule has 0 bridgehead atoms. The molecule has 0 aromatic heterocycles. The van der Waals surface area contributed by atoms with Crippen LogP contribution in [0, 0.1) is 0 Å². The highest BCUT2D eigenvalue weighted by Gasteiger charge is 2.53. The Hall–Kier alpha value is -1.50. The summed E-state index contributed by atoms with van der Waals surface area (Å²) in [6.07, 6.45) is -22.0. The number of unbranched alkanes of at least 4 members (excludes halogenated alkanes) is 1. The van der Waals surface area contributed by atoms with Crippen LogP contribution in [0.15, 0.2) is 0 Å². The van der Waals surface area contributed by atoms with Gasteiger partial charge < -0.3 is 84.8 Å². The van der Waals surface area contributed by atoms with E-state index in [1.165, 1.54) is 0 Å². The van der Waals surface area contributed by atoms with Gasteiger partial charge in [-0.15, -0.1) is 0 Å². The Morgan fingerprint density at radius 3 is 1.65 bits per heavy atom. The van der Waals surface area contributed by atoms with Gasteiger partial charge in [-0.2, -0.15) is 0 Å². The number of amides is 1. The zero-order chi connectivity index (χ0) is 35.5. The molecular formula is C29H51NO18. The molecule has 15 atom stereocenters. The molecule has 280 valence electrons. The van der Waals surface area contributed by atoms with Crippen LogP contribution in [0.4, 0.5) is 0 Å². The van der Waals surface area contributed by atoms with E-state index in [4.69, 9.17) is 28.4 Å². The summed E-state index contributed by atoms with van der Waals surface area (Å²) in [5.41, 5.74) is 0. The van der Waals surface area contributed by atoms with Gasteiger partial charge in [0.05, 0.1) is 19.8 Å². The van der Waals surface area contributed by atoms with E-state index in [2.05, 4.69) is 5.32 Å². The van der Waals surface area contributed by atoms with Crippen LogP contribution in [0.5, 0.6) is 0 Å². The standard InChI is InChI=1S/C29H51NO18/c1-43-8-4-6-13(34)5-2-3-7-18(35)30-9-14-19(36)22(39)26(16(11-32)44-14)47-29-25(42)23(40)27(17(12-33)46-29)48-28-24(41)21(38)20(37)15(10-31)45-28/h14-17,19-29,31-33,36-42H,2-12H2,1H3,(H,30,35)/t14-,15?,16-,17?,19?,20-,21-,22?,23+,24?,25?,26+,27-,28+,29-/m0/s1. The van der Waals surface area contributed by atoms with Gasteiger partial charge >= 0.3 is 0 Å². The van der Waals surface area contributed by atoms with E-state index in [1.54, 1.807) is 7.11 Å². The molecule has 0 aromatic rings. The Morgan fingerprint density at radius 2 is 1.06 bits per heavy atom. The number of ether oxygens (including phenoxy) is 6. The molecule has 48 heavy (non-hydrogen) atoms. The quantitative estimate of drug-likeness (QED) is 0.0593. The first-order chi connectivity index (χ1) is 22.9. The van der Waals surface area contributed by atoms with E-state index >= 15 is 0 Å². The molecule has 11 N–H and O–H groups in total. The van der Waals surface area contributed by atoms with Crippen LogP contribution < -0.4 is 5.32 Å². The average molecular weight is 702 g/mol. The minimum Gasteiger partial charge on any atom is -0.394 e. The van der Waals surface area contributed by atoms with Crippen molar-refractivity contribution in [2.45, 2.75) is 130 Å². The summed E-state index contributed by atoms with van der Waals surface area (Å²) in [4.78, 5) is 24.2. The Balaban J connectivity index is 1.53. The van der Waals surface area contributed by atoms with Crippen molar-refractivity contribution >= 4 is 11.7 Å². The van der Waals surface area contributed by atoms with Crippen molar-refractivity contribution in [2.24, 2.45) is 0 Å². The Morgan fingerprint density at radius 1 is 0.583 bits per heavy atom. The summed E-state index contributed by atoms with van der Waals surface area (Å²) < 4.78 is 32.6. The topological polar surface area (TPSA) is 304 Å². The summed E-state index contributed by atoms with van der Waals surface area (Å²) in [6.45, 7) is -2.07. The minimum atomic E-state index is -1.94. The fourth-order valence-electron chi connectivity index (χ4n) is 5.77. The normalized spacial score (nSPS) is 40.4. The Labute approximate surface area is 276 Å². The number of hydrogen-bond donors (Lipinski definition) is 11. The van der Waals surface area contributed by atoms with Gasteiger partial charge in [0.1, 0.15) is 85.1 Å². The highest BCUT2D eigenvalue weighted by Crippen LogP contribution is 2.32. The summed E-state index contributed by atoms with van der Waals surface area (Å²) in [6, 6.07) is 0. The second kappa shape index (κ2) is 19.8. The van der Waals surface area contributed by atoms with Crippen molar-refractivity contribution in [2.75, 3.05) is 40.1 Å². The lowest BCUT2D eigenvalue weighted by atomic mass is 9.94. The summed E-state index contributed by atoms with van der Waals surface area (Å²) in [5.74, 6) is -0.296. The van der Waals surface area contributed by atoms with Gasteiger partial charge in [-0.3, -0.25) is 9.59 Å². The van der Waals surface area contributed by atoms with E-state index in [1.807, 2.05) is 0 Å². The first-order valence-electron chi connectivity index (χ1n) is 16.0. The largest absolute Gasteiger partial charge is 0.394 e. The number of nitrogens with one attached hydrogen (secondary N) is 1. The zero-order valence-electron chi connectivity index (χ0n) is 26.7. The molecule has 3 fully saturated rings. The maximum Gasteiger partial charge on any atom is 0.220 e. The minimum absolute atomic E-state index is 0.0840. The summed E-state index contributed by atoms with van der Waals surface area (Å²) in [7, 11) is 1.56. The lowest BCUT2D eigenvalue weighted by Crippen LogP contribution is -2.67. The molecular weight excluding hydrogens is 650 g/mol. The number of ketones is 1. The van der Waals surface area contributed by atoms with Crippen molar-refractivity contribution < 1.29 is 89.1 Å². The van der Waals surface area contributed by atoms with E-state index in [0.29, 0.717) is 38.7 Å². The molecule has 0 aliphatic carbocycles. The van der Waals surface area contributed by atoms with E-state index < -0.39 is 112 Å². The number of aliphatic hydroxyl groups is 10. The SMILES string of the molecule is COCCCC(=O)CCCCC(=O)NC[C@@H]1O[C@@H](CO)[C@@H](O[C@@H]2OC(CO)[C@H](O[C@H]3OC(CO)[C@H](O)[C@H](O)C3O)[C@H](O)C2O)C(O)C1O. The van der Waals surface area contributed by atoms with E-state index in [0.717, 1.165) is 0 Å². The molecule has 3 rings (SSSR count). The number of carbonyl (C=O) groups is 2. The third kappa shape index (κ3) is 10.5. The van der Waals surface area contributed by atoms with Gasteiger partial charge in [-0.25, -0.2) is 0 Å². The van der Waals surface area contributed by atoms with E-state index in [9.17, 15) is 60.7 Å². The van der Waals surface area contributed by atoms with Crippen LogP contribution in [0.1, 0.15) is 38.5 Å².